The van der Waals surface area contributed by atoms with E-state index in [4.69, 9.17) is 9.47 Å². The van der Waals surface area contributed by atoms with Crippen molar-refractivity contribution in [3.8, 4) is 0 Å². The highest BCUT2D eigenvalue weighted by Crippen LogP contribution is 2.22. The minimum atomic E-state index is -0.901. The van der Waals surface area contributed by atoms with Crippen LogP contribution < -0.4 is 0 Å². The van der Waals surface area contributed by atoms with Crippen LogP contribution in [0.4, 0.5) is 0 Å². The maximum atomic E-state index is 9.92. The second-order valence-electron chi connectivity index (χ2n) is 4.41. The van der Waals surface area contributed by atoms with E-state index in [2.05, 4.69) is 0 Å². The predicted octanol–water partition coefficient (Wildman–Crippen LogP) is 0.917. The average Bonchev–Trinajstić information content (AvgIpc) is 2.36. The molecule has 0 bridgehead atoms. The van der Waals surface area contributed by atoms with Gasteiger partial charge in [-0.15, -0.1) is 0 Å². The highest BCUT2D eigenvalue weighted by atomic mass is 16.6. The number of hydrogen-bond acceptors (Lipinski definition) is 4. The van der Waals surface area contributed by atoms with Crippen LogP contribution in [0.2, 0.25) is 0 Å². The Morgan fingerprint density at radius 2 is 2.00 bits per heavy atom. The standard InChI is InChI=1S/C13H18O4/c1-9-12(14)11(8-17-13(9)15)16-7-10-5-3-2-4-6-10/h2-6,9,11-15H,7-8H2,1H3/t9?,11-,12?,13?/m1/s1. The SMILES string of the molecule is CC1C(O)OC[C@@H](OCc2ccccc2)C1O. The zero-order valence-electron chi connectivity index (χ0n) is 9.82. The van der Waals surface area contributed by atoms with E-state index < -0.39 is 12.4 Å². The van der Waals surface area contributed by atoms with Crippen LogP contribution in [0, 0.1) is 5.92 Å². The molecule has 0 amide bonds. The summed E-state index contributed by atoms with van der Waals surface area (Å²) < 4.78 is 10.7. The average molecular weight is 238 g/mol. The van der Waals surface area contributed by atoms with Gasteiger partial charge in [-0.2, -0.15) is 0 Å². The molecule has 2 rings (SSSR count). The lowest BCUT2D eigenvalue weighted by Crippen LogP contribution is -2.49. The summed E-state index contributed by atoms with van der Waals surface area (Å²) in [5.74, 6) is -0.329. The lowest BCUT2D eigenvalue weighted by Gasteiger charge is -2.35. The monoisotopic (exact) mass is 238 g/mol. The summed E-state index contributed by atoms with van der Waals surface area (Å²) in [6, 6.07) is 9.76. The van der Waals surface area contributed by atoms with E-state index in [-0.39, 0.29) is 18.6 Å². The molecule has 4 nitrogen and oxygen atoms in total. The van der Waals surface area contributed by atoms with E-state index in [0.717, 1.165) is 5.56 Å². The van der Waals surface area contributed by atoms with Crippen LogP contribution in [0.25, 0.3) is 0 Å². The van der Waals surface area contributed by atoms with Crippen molar-refractivity contribution in [3.63, 3.8) is 0 Å². The molecule has 0 spiro atoms. The van der Waals surface area contributed by atoms with Gasteiger partial charge < -0.3 is 19.7 Å². The summed E-state index contributed by atoms with van der Waals surface area (Å²) in [7, 11) is 0. The first-order chi connectivity index (χ1) is 8.18. The third-order valence-electron chi connectivity index (χ3n) is 3.11. The molecule has 1 aliphatic heterocycles. The minimum Gasteiger partial charge on any atom is -0.390 e. The van der Waals surface area contributed by atoms with E-state index in [9.17, 15) is 10.2 Å². The van der Waals surface area contributed by atoms with Gasteiger partial charge in [0.1, 0.15) is 6.10 Å². The van der Waals surface area contributed by atoms with Crippen LogP contribution in [-0.2, 0) is 16.1 Å². The molecule has 4 atom stereocenters. The maximum Gasteiger partial charge on any atom is 0.159 e. The van der Waals surface area contributed by atoms with Crippen molar-refractivity contribution in [2.75, 3.05) is 6.61 Å². The number of benzene rings is 1. The Morgan fingerprint density at radius 1 is 1.29 bits per heavy atom. The first-order valence-electron chi connectivity index (χ1n) is 5.81. The summed E-state index contributed by atoms with van der Waals surface area (Å²) >= 11 is 0. The molecular formula is C13H18O4. The van der Waals surface area contributed by atoms with Crippen molar-refractivity contribution >= 4 is 0 Å². The van der Waals surface area contributed by atoms with Gasteiger partial charge in [-0.3, -0.25) is 0 Å². The van der Waals surface area contributed by atoms with Gasteiger partial charge in [0.25, 0.3) is 0 Å². The van der Waals surface area contributed by atoms with Crippen LogP contribution in [0.5, 0.6) is 0 Å². The van der Waals surface area contributed by atoms with E-state index in [0.29, 0.717) is 6.61 Å². The van der Waals surface area contributed by atoms with E-state index >= 15 is 0 Å². The number of hydrogen-bond donors (Lipinski definition) is 2. The first kappa shape index (κ1) is 12.5. The number of aliphatic hydroxyl groups excluding tert-OH is 2. The molecule has 4 heteroatoms. The van der Waals surface area contributed by atoms with Gasteiger partial charge >= 0.3 is 0 Å². The molecule has 3 unspecified atom stereocenters. The normalized spacial score (nSPS) is 33.6. The molecule has 17 heavy (non-hydrogen) atoms. The Labute approximate surface area is 101 Å². The Bertz CT molecular complexity index is 341. The fraction of sp³-hybridized carbons (Fsp3) is 0.538. The highest BCUT2D eigenvalue weighted by molar-refractivity contribution is 5.13. The summed E-state index contributed by atoms with van der Waals surface area (Å²) in [5, 5.41) is 19.3. The van der Waals surface area contributed by atoms with Crippen molar-refractivity contribution in [1.29, 1.82) is 0 Å². The van der Waals surface area contributed by atoms with Crippen LogP contribution >= 0.6 is 0 Å². The molecule has 0 saturated carbocycles. The second kappa shape index (κ2) is 5.60. The number of aliphatic hydroxyl groups is 2. The van der Waals surface area contributed by atoms with Gasteiger partial charge in [0.05, 0.1) is 19.3 Å². The Hall–Kier alpha value is -0.940. The van der Waals surface area contributed by atoms with Crippen LogP contribution in [0.15, 0.2) is 30.3 Å². The summed E-state index contributed by atoms with van der Waals surface area (Å²) in [4.78, 5) is 0. The highest BCUT2D eigenvalue weighted by Gasteiger charge is 2.36. The Balaban J connectivity index is 1.87. The first-order valence-corrected chi connectivity index (χ1v) is 5.81. The third-order valence-corrected chi connectivity index (χ3v) is 3.11. The van der Waals surface area contributed by atoms with Gasteiger partial charge in [0.2, 0.25) is 0 Å². The van der Waals surface area contributed by atoms with Crippen LogP contribution in [-0.4, -0.2) is 35.3 Å². The summed E-state index contributed by atoms with van der Waals surface area (Å²) in [6.07, 6.45) is -1.97. The smallest absolute Gasteiger partial charge is 0.159 e. The predicted molar refractivity (Wildman–Crippen MR) is 62.1 cm³/mol. The molecule has 1 fully saturated rings. The van der Waals surface area contributed by atoms with Gasteiger partial charge in [-0.1, -0.05) is 37.3 Å². The van der Waals surface area contributed by atoms with Crippen molar-refractivity contribution in [2.24, 2.45) is 5.92 Å². The van der Waals surface area contributed by atoms with Gasteiger partial charge in [0.15, 0.2) is 6.29 Å². The molecule has 1 heterocycles. The molecule has 1 aliphatic rings. The van der Waals surface area contributed by atoms with Crippen LogP contribution in [0.1, 0.15) is 12.5 Å². The van der Waals surface area contributed by atoms with Crippen molar-refractivity contribution in [1.82, 2.24) is 0 Å². The zero-order valence-corrected chi connectivity index (χ0v) is 9.82. The molecule has 1 saturated heterocycles. The summed E-state index contributed by atoms with van der Waals surface area (Å²) in [5.41, 5.74) is 1.05. The fourth-order valence-corrected chi connectivity index (χ4v) is 1.88. The number of ether oxygens (including phenoxy) is 2. The van der Waals surface area contributed by atoms with Crippen LogP contribution in [0.3, 0.4) is 0 Å². The van der Waals surface area contributed by atoms with Crippen molar-refractivity contribution in [2.45, 2.75) is 32.0 Å². The maximum absolute atomic E-state index is 9.92. The largest absolute Gasteiger partial charge is 0.390 e. The van der Waals surface area contributed by atoms with Gasteiger partial charge in [-0.25, -0.2) is 0 Å². The van der Waals surface area contributed by atoms with E-state index in [1.54, 1.807) is 6.92 Å². The molecular weight excluding hydrogens is 220 g/mol. The van der Waals surface area contributed by atoms with E-state index in [1.165, 1.54) is 0 Å². The fourth-order valence-electron chi connectivity index (χ4n) is 1.88. The summed E-state index contributed by atoms with van der Waals surface area (Å²) in [6.45, 7) is 2.40. The van der Waals surface area contributed by atoms with Crippen molar-refractivity contribution < 1.29 is 19.7 Å². The molecule has 1 aromatic rings. The van der Waals surface area contributed by atoms with Gasteiger partial charge in [0, 0.05) is 5.92 Å². The molecule has 94 valence electrons. The molecule has 2 N–H and O–H groups in total. The Kier molecular flexibility index (Phi) is 4.12. The van der Waals surface area contributed by atoms with Gasteiger partial charge in [-0.05, 0) is 5.56 Å². The second-order valence-corrected chi connectivity index (χ2v) is 4.41. The van der Waals surface area contributed by atoms with Crippen molar-refractivity contribution in [3.05, 3.63) is 35.9 Å². The zero-order chi connectivity index (χ0) is 12.3. The lowest BCUT2D eigenvalue weighted by atomic mass is 9.97. The lowest BCUT2D eigenvalue weighted by molar-refractivity contribution is -0.237. The molecule has 0 aliphatic carbocycles. The minimum absolute atomic E-state index is 0.222. The molecule has 1 aromatic carbocycles. The molecule has 0 aromatic heterocycles. The topological polar surface area (TPSA) is 58.9 Å². The molecule has 0 radical (unpaired) electrons. The van der Waals surface area contributed by atoms with E-state index in [1.807, 2.05) is 30.3 Å². The number of rotatable bonds is 3. The Morgan fingerprint density at radius 3 is 2.71 bits per heavy atom. The third kappa shape index (κ3) is 3.04. The quantitative estimate of drug-likeness (QED) is 0.822.